The molecule has 0 saturated heterocycles. The first kappa shape index (κ1) is 14.7. The number of imidazole rings is 1. The number of thiazole rings is 1. The van der Waals surface area contributed by atoms with Gasteiger partial charge in [-0.3, -0.25) is 4.79 Å². The maximum Gasteiger partial charge on any atom is 0.255 e. The van der Waals surface area contributed by atoms with Crippen LogP contribution in [0.25, 0.3) is 5.65 Å². The van der Waals surface area contributed by atoms with Crippen LogP contribution < -0.4 is 0 Å². The second-order valence-corrected chi connectivity index (χ2v) is 6.78. The fourth-order valence-corrected chi connectivity index (χ4v) is 3.45. The van der Waals surface area contributed by atoms with Crippen LogP contribution in [0.5, 0.6) is 0 Å². The van der Waals surface area contributed by atoms with E-state index in [4.69, 9.17) is 0 Å². The molecule has 0 aliphatic heterocycles. The fourth-order valence-electron chi connectivity index (χ4n) is 2.54. The molecule has 114 valence electrons. The normalized spacial score (nSPS) is 12.5. The van der Waals surface area contributed by atoms with Crippen LogP contribution in [0.3, 0.4) is 0 Å². The van der Waals surface area contributed by atoms with Crippen molar-refractivity contribution in [2.75, 3.05) is 7.05 Å². The minimum absolute atomic E-state index is 0.0202. The average Bonchev–Trinajstić information content (AvgIpc) is 3.10. The van der Waals surface area contributed by atoms with Crippen molar-refractivity contribution >= 4 is 22.9 Å². The molecular weight excluding hydrogens is 296 g/mol. The van der Waals surface area contributed by atoms with Crippen molar-refractivity contribution in [1.29, 1.82) is 0 Å². The van der Waals surface area contributed by atoms with Crippen LogP contribution in [-0.4, -0.2) is 32.2 Å². The number of aryl methyl sites for hydroxylation is 2. The molecule has 0 N–H and O–H groups in total. The summed E-state index contributed by atoms with van der Waals surface area (Å²) in [6.45, 7) is 6.05. The van der Waals surface area contributed by atoms with Crippen LogP contribution in [0.15, 0.2) is 30.7 Å². The molecule has 3 aromatic rings. The summed E-state index contributed by atoms with van der Waals surface area (Å²) in [7, 11) is 1.82. The van der Waals surface area contributed by atoms with Crippen molar-refractivity contribution in [3.8, 4) is 0 Å². The van der Waals surface area contributed by atoms with Gasteiger partial charge in [-0.2, -0.15) is 0 Å². The summed E-state index contributed by atoms with van der Waals surface area (Å²) in [4.78, 5) is 24.4. The fraction of sp³-hybridized carbons (Fsp3) is 0.312. The average molecular weight is 314 g/mol. The van der Waals surface area contributed by atoms with E-state index >= 15 is 0 Å². The Balaban J connectivity index is 1.88. The monoisotopic (exact) mass is 314 g/mol. The number of nitrogens with zero attached hydrogens (tertiary/aromatic N) is 4. The maximum absolute atomic E-state index is 12.7. The number of aromatic nitrogens is 3. The largest absolute Gasteiger partial charge is 0.333 e. The highest BCUT2D eigenvalue weighted by atomic mass is 32.1. The van der Waals surface area contributed by atoms with Gasteiger partial charge in [0.25, 0.3) is 5.91 Å². The molecule has 0 saturated carbocycles. The minimum atomic E-state index is -0.0593. The van der Waals surface area contributed by atoms with Gasteiger partial charge in [-0.05, 0) is 32.9 Å². The Hall–Kier alpha value is -2.21. The lowest BCUT2D eigenvalue weighted by Gasteiger charge is -2.24. The molecule has 3 aromatic heterocycles. The van der Waals surface area contributed by atoms with Crippen LogP contribution >= 0.6 is 11.3 Å². The quantitative estimate of drug-likeness (QED) is 0.745. The molecular formula is C16H18N4OS. The van der Waals surface area contributed by atoms with Crippen LogP contribution in [-0.2, 0) is 0 Å². The summed E-state index contributed by atoms with van der Waals surface area (Å²) >= 11 is 1.66. The Kier molecular flexibility index (Phi) is 3.70. The van der Waals surface area contributed by atoms with E-state index in [1.807, 2.05) is 56.7 Å². The lowest BCUT2D eigenvalue weighted by atomic mass is 10.1. The molecule has 0 aromatic carbocycles. The zero-order valence-electron chi connectivity index (χ0n) is 13.1. The summed E-state index contributed by atoms with van der Waals surface area (Å²) in [5, 5.41) is 1.03. The highest BCUT2D eigenvalue weighted by Crippen LogP contribution is 2.27. The number of hydrogen-bond donors (Lipinski definition) is 0. The SMILES string of the molecule is Cc1nc(C(C)N(C)C(=O)c2ccc3nccn3c2)c(C)s1. The molecule has 0 fully saturated rings. The topological polar surface area (TPSA) is 50.5 Å². The van der Waals surface area contributed by atoms with Gasteiger partial charge < -0.3 is 9.30 Å². The summed E-state index contributed by atoms with van der Waals surface area (Å²) < 4.78 is 1.85. The number of carbonyl (C=O) groups is 1. The van der Waals surface area contributed by atoms with Crippen LogP contribution in [0.4, 0.5) is 0 Å². The zero-order chi connectivity index (χ0) is 15.9. The standard InChI is InChI=1S/C16H18N4OS/c1-10(15-11(2)22-12(3)18-15)19(4)16(21)13-5-6-14-17-7-8-20(14)9-13/h5-10H,1-4H3. The molecule has 0 bridgehead atoms. The molecule has 3 heterocycles. The summed E-state index contributed by atoms with van der Waals surface area (Å²) in [5.41, 5.74) is 2.45. The molecule has 0 radical (unpaired) electrons. The molecule has 0 aliphatic rings. The summed E-state index contributed by atoms with van der Waals surface area (Å²) in [5.74, 6) is -0.0202. The molecule has 22 heavy (non-hydrogen) atoms. The third-order valence-corrected chi connectivity index (χ3v) is 4.77. The molecule has 3 rings (SSSR count). The van der Waals surface area contributed by atoms with Gasteiger partial charge in [0.2, 0.25) is 0 Å². The predicted octanol–water partition coefficient (Wildman–Crippen LogP) is 3.24. The number of amides is 1. The first-order valence-electron chi connectivity index (χ1n) is 7.11. The Morgan fingerprint density at radius 1 is 1.36 bits per heavy atom. The Morgan fingerprint density at radius 2 is 2.14 bits per heavy atom. The van der Waals surface area contributed by atoms with E-state index < -0.39 is 0 Å². The molecule has 0 aliphatic carbocycles. The van der Waals surface area contributed by atoms with E-state index in [2.05, 4.69) is 9.97 Å². The van der Waals surface area contributed by atoms with Gasteiger partial charge in [0.15, 0.2) is 0 Å². The first-order valence-corrected chi connectivity index (χ1v) is 7.93. The predicted molar refractivity (Wildman–Crippen MR) is 87.3 cm³/mol. The number of rotatable bonds is 3. The van der Waals surface area contributed by atoms with E-state index in [9.17, 15) is 4.79 Å². The molecule has 1 unspecified atom stereocenters. The second kappa shape index (κ2) is 5.53. The maximum atomic E-state index is 12.7. The van der Waals surface area contributed by atoms with Crippen molar-refractivity contribution in [1.82, 2.24) is 19.3 Å². The molecule has 0 spiro atoms. The number of carbonyl (C=O) groups excluding carboxylic acids is 1. The summed E-state index contributed by atoms with van der Waals surface area (Å²) in [6, 6.07) is 3.60. The van der Waals surface area contributed by atoms with Crippen molar-refractivity contribution in [2.24, 2.45) is 0 Å². The van der Waals surface area contributed by atoms with E-state index in [0.717, 1.165) is 21.2 Å². The van der Waals surface area contributed by atoms with Crippen molar-refractivity contribution < 1.29 is 4.79 Å². The molecule has 1 atom stereocenters. The second-order valence-electron chi connectivity index (χ2n) is 5.38. The number of fused-ring (bicyclic) bond motifs is 1. The van der Waals surface area contributed by atoms with Crippen LogP contribution in [0.2, 0.25) is 0 Å². The Labute approximate surface area is 133 Å². The molecule has 1 amide bonds. The van der Waals surface area contributed by atoms with Crippen LogP contribution in [0.1, 0.15) is 38.9 Å². The Bertz CT molecular complexity index is 836. The third-order valence-electron chi connectivity index (χ3n) is 3.87. The minimum Gasteiger partial charge on any atom is -0.333 e. The van der Waals surface area contributed by atoms with Crippen LogP contribution in [0, 0.1) is 13.8 Å². The van der Waals surface area contributed by atoms with E-state index in [0.29, 0.717) is 5.56 Å². The van der Waals surface area contributed by atoms with E-state index in [1.165, 1.54) is 0 Å². The van der Waals surface area contributed by atoms with Gasteiger partial charge in [-0.15, -0.1) is 11.3 Å². The highest BCUT2D eigenvalue weighted by Gasteiger charge is 2.22. The number of pyridine rings is 1. The van der Waals surface area contributed by atoms with E-state index in [-0.39, 0.29) is 11.9 Å². The van der Waals surface area contributed by atoms with Crippen molar-refractivity contribution in [3.05, 3.63) is 51.9 Å². The molecule has 5 nitrogen and oxygen atoms in total. The van der Waals surface area contributed by atoms with Crippen molar-refractivity contribution in [3.63, 3.8) is 0 Å². The Morgan fingerprint density at radius 3 is 2.82 bits per heavy atom. The lowest BCUT2D eigenvalue weighted by Crippen LogP contribution is -2.30. The molecule has 6 heteroatoms. The van der Waals surface area contributed by atoms with Gasteiger partial charge >= 0.3 is 0 Å². The van der Waals surface area contributed by atoms with E-state index in [1.54, 1.807) is 22.4 Å². The van der Waals surface area contributed by atoms with Crippen molar-refractivity contribution in [2.45, 2.75) is 26.8 Å². The summed E-state index contributed by atoms with van der Waals surface area (Å²) in [6.07, 6.45) is 5.37. The highest BCUT2D eigenvalue weighted by molar-refractivity contribution is 7.11. The zero-order valence-corrected chi connectivity index (χ0v) is 13.9. The van der Waals surface area contributed by atoms with Gasteiger partial charge in [-0.25, -0.2) is 9.97 Å². The smallest absolute Gasteiger partial charge is 0.255 e. The first-order chi connectivity index (χ1) is 10.5. The van der Waals surface area contributed by atoms with Gasteiger partial charge in [0, 0.05) is 30.5 Å². The van der Waals surface area contributed by atoms with Gasteiger partial charge in [-0.1, -0.05) is 0 Å². The van der Waals surface area contributed by atoms with Gasteiger partial charge in [0.05, 0.1) is 22.3 Å². The number of hydrogen-bond acceptors (Lipinski definition) is 4. The lowest BCUT2D eigenvalue weighted by molar-refractivity contribution is 0.0739. The third kappa shape index (κ3) is 2.50. The van der Waals surface area contributed by atoms with Gasteiger partial charge in [0.1, 0.15) is 5.65 Å².